The lowest BCUT2D eigenvalue weighted by molar-refractivity contribution is -0.405. The third kappa shape index (κ3) is 5.89. The number of ether oxygens (including phenoxy) is 2. The monoisotopic (exact) mass is 508 g/mol. The minimum absolute atomic E-state index is 0.234. The van der Waals surface area contributed by atoms with Gasteiger partial charge in [-0.1, -0.05) is 13.8 Å². The number of nitro groups is 3. The van der Waals surface area contributed by atoms with Crippen molar-refractivity contribution in [2.45, 2.75) is 32.7 Å². The van der Waals surface area contributed by atoms with Crippen molar-refractivity contribution < 1.29 is 34.5 Å². The van der Waals surface area contributed by atoms with E-state index in [0.29, 0.717) is 12.0 Å². The Bertz CT molecular complexity index is 1130. The van der Waals surface area contributed by atoms with Gasteiger partial charge in [0, 0.05) is 12.6 Å². The molecule has 0 fully saturated rings. The summed E-state index contributed by atoms with van der Waals surface area (Å²) in [6, 6.07) is 5.03. The highest BCUT2D eigenvalue weighted by Gasteiger charge is 2.37. The maximum absolute atomic E-state index is 10.4. The molecule has 2 N–H and O–H groups in total. The lowest BCUT2D eigenvalue weighted by Crippen LogP contribution is -2.33. The van der Waals surface area contributed by atoms with Crippen LogP contribution >= 0.6 is 0 Å². The van der Waals surface area contributed by atoms with Crippen LogP contribution < -0.4 is 9.47 Å². The SMILES string of the molecule is COc1cc2c(cc1OC)C(CC(C)C)N(C)CC2.O=[N+]([O-])c1cc([N+](=O)[O-])c(O)c([N+](=O)[O-])c1O. The quantitative estimate of drug-likeness (QED) is 0.404. The largest absolute Gasteiger partial charge is 0.497 e. The zero-order chi connectivity index (χ0) is 27.3. The van der Waals surface area contributed by atoms with E-state index in [1.165, 1.54) is 17.5 Å². The van der Waals surface area contributed by atoms with Crippen LogP contribution in [0.1, 0.15) is 37.4 Å². The smallest absolute Gasteiger partial charge is 0.366 e. The Morgan fingerprint density at radius 3 is 1.86 bits per heavy atom. The molecular weight excluding hydrogens is 480 g/mol. The average Bonchev–Trinajstić information content (AvgIpc) is 2.79. The number of aromatic hydroxyl groups is 2. The molecule has 1 aliphatic heterocycles. The Hall–Kier alpha value is -4.20. The molecule has 14 heteroatoms. The molecule has 196 valence electrons. The number of methoxy groups -OCH3 is 2. The van der Waals surface area contributed by atoms with Gasteiger partial charge in [-0.25, -0.2) is 0 Å². The van der Waals surface area contributed by atoms with Crippen molar-refractivity contribution in [1.29, 1.82) is 0 Å². The molecular formula is C22H28N4O10. The maximum Gasteiger partial charge on any atom is 0.366 e. The van der Waals surface area contributed by atoms with Gasteiger partial charge in [-0.05, 0) is 49.1 Å². The number of phenols is 2. The van der Waals surface area contributed by atoms with Crippen LogP contribution in [-0.2, 0) is 6.42 Å². The first-order valence-corrected chi connectivity index (χ1v) is 10.8. The summed E-state index contributed by atoms with van der Waals surface area (Å²) in [6.45, 7) is 5.67. The number of hydrogen-bond donors (Lipinski definition) is 2. The van der Waals surface area contributed by atoms with Crippen LogP contribution in [0.15, 0.2) is 18.2 Å². The van der Waals surface area contributed by atoms with Crippen LogP contribution in [0.4, 0.5) is 17.1 Å². The molecule has 0 aliphatic carbocycles. The number of likely N-dealkylation sites (N-methyl/N-ethyl adjacent to an activating group) is 1. The lowest BCUT2D eigenvalue weighted by Gasteiger charge is -2.36. The summed E-state index contributed by atoms with van der Waals surface area (Å²) in [6.07, 6.45) is 2.26. The van der Waals surface area contributed by atoms with Gasteiger partial charge in [-0.2, -0.15) is 0 Å². The van der Waals surface area contributed by atoms with E-state index in [9.17, 15) is 30.3 Å². The second-order valence-electron chi connectivity index (χ2n) is 8.51. The van der Waals surface area contributed by atoms with E-state index in [1.54, 1.807) is 14.2 Å². The number of phenolic OH excluding ortho intramolecular Hbond substituents is 2. The Morgan fingerprint density at radius 2 is 1.44 bits per heavy atom. The number of nitrogens with zero attached hydrogens (tertiary/aromatic N) is 4. The molecule has 14 nitrogen and oxygen atoms in total. The lowest BCUT2D eigenvalue weighted by atomic mass is 9.87. The van der Waals surface area contributed by atoms with Crippen molar-refractivity contribution in [3.8, 4) is 23.0 Å². The van der Waals surface area contributed by atoms with E-state index in [2.05, 4.69) is 37.9 Å². The summed E-state index contributed by atoms with van der Waals surface area (Å²) in [5.74, 6) is -0.517. The summed E-state index contributed by atoms with van der Waals surface area (Å²) in [4.78, 5) is 29.8. The van der Waals surface area contributed by atoms with E-state index < -0.39 is 43.3 Å². The number of hydrogen-bond acceptors (Lipinski definition) is 11. The molecule has 0 saturated carbocycles. The van der Waals surface area contributed by atoms with Crippen LogP contribution in [-0.4, -0.2) is 57.7 Å². The summed E-state index contributed by atoms with van der Waals surface area (Å²) in [5, 5.41) is 49.5. The number of rotatable bonds is 7. The Balaban J connectivity index is 0.000000255. The summed E-state index contributed by atoms with van der Waals surface area (Å²) < 4.78 is 10.9. The molecule has 0 radical (unpaired) electrons. The highest BCUT2D eigenvalue weighted by molar-refractivity contribution is 5.73. The molecule has 2 aromatic rings. The van der Waals surface area contributed by atoms with Crippen LogP contribution in [0.2, 0.25) is 0 Å². The first-order valence-electron chi connectivity index (χ1n) is 10.8. The minimum Gasteiger partial charge on any atom is -0.497 e. The van der Waals surface area contributed by atoms with Crippen LogP contribution in [0, 0.1) is 36.3 Å². The zero-order valence-corrected chi connectivity index (χ0v) is 20.5. The van der Waals surface area contributed by atoms with Crippen molar-refractivity contribution in [2.24, 2.45) is 5.92 Å². The molecule has 0 aromatic heterocycles. The predicted molar refractivity (Wildman–Crippen MR) is 128 cm³/mol. The van der Waals surface area contributed by atoms with Crippen molar-refractivity contribution in [2.75, 3.05) is 27.8 Å². The maximum atomic E-state index is 10.4. The normalized spacial score (nSPS) is 14.9. The summed E-state index contributed by atoms with van der Waals surface area (Å²) in [5.41, 5.74) is -1.14. The topological polar surface area (TPSA) is 192 Å². The zero-order valence-electron chi connectivity index (χ0n) is 20.5. The van der Waals surface area contributed by atoms with Crippen LogP contribution in [0.5, 0.6) is 23.0 Å². The molecule has 0 saturated heterocycles. The summed E-state index contributed by atoms with van der Waals surface area (Å²) in [7, 11) is 5.62. The van der Waals surface area contributed by atoms with E-state index >= 15 is 0 Å². The van der Waals surface area contributed by atoms with Crippen molar-refractivity contribution in [3.63, 3.8) is 0 Å². The molecule has 0 amide bonds. The molecule has 1 unspecified atom stereocenters. The Kier molecular flexibility index (Phi) is 8.95. The Morgan fingerprint density at radius 1 is 0.944 bits per heavy atom. The Labute approximate surface area is 206 Å². The third-order valence-corrected chi connectivity index (χ3v) is 5.75. The number of fused-ring (bicyclic) bond motifs is 1. The van der Waals surface area contributed by atoms with Gasteiger partial charge < -0.3 is 19.7 Å². The molecule has 0 spiro atoms. The van der Waals surface area contributed by atoms with Gasteiger partial charge in [-0.3, -0.25) is 35.2 Å². The van der Waals surface area contributed by atoms with Gasteiger partial charge >= 0.3 is 17.1 Å². The first kappa shape index (κ1) is 28.0. The fourth-order valence-electron chi connectivity index (χ4n) is 3.98. The highest BCUT2D eigenvalue weighted by atomic mass is 16.6. The molecule has 3 rings (SSSR count). The van der Waals surface area contributed by atoms with Crippen molar-refractivity contribution >= 4 is 17.1 Å². The van der Waals surface area contributed by atoms with Gasteiger partial charge in [0.05, 0.1) is 29.0 Å². The van der Waals surface area contributed by atoms with Crippen molar-refractivity contribution in [3.05, 3.63) is 59.7 Å². The molecule has 0 bridgehead atoms. The van der Waals surface area contributed by atoms with Crippen LogP contribution in [0.25, 0.3) is 0 Å². The summed E-state index contributed by atoms with van der Waals surface area (Å²) >= 11 is 0. The molecule has 1 aliphatic rings. The third-order valence-electron chi connectivity index (χ3n) is 5.75. The average molecular weight is 508 g/mol. The standard InChI is InChI=1S/C16H25NO2.C6H3N3O8/c1-11(2)8-14-13-10-16(19-5)15(18-4)9-12(13)6-7-17(14)3;10-5-2(7(12)13)1-3(8(14)15)6(11)4(5)9(16)17/h9-11,14H,6-8H2,1-5H3;1,10-11H. The molecule has 36 heavy (non-hydrogen) atoms. The van der Waals surface area contributed by atoms with E-state index in [4.69, 9.17) is 19.7 Å². The van der Waals surface area contributed by atoms with Gasteiger partial charge in [0.1, 0.15) is 6.07 Å². The van der Waals surface area contributed by atoms with Gasteiger partial charge in [0.2, 0.25) is 0 Å². The molecule has 1 atom stereocenters. The minimum atomic E-state index is -1.48. The highest BCUT2D eigenvalue weighted by Crippen LogP contribution is 2.47. The van der Waals surface area contributed by atoms with E-state index in [1.807, 2.05) is 0 Å². The van der Waals surface area contributed by atoms with Gasteiger partial charge in [-0.15, -0.1) is 0 Å². The molecule has 2 aromatic carbocycles. The van der Waals surface area contributed by atoms with Crippen LogP contribution in [0.3, 0.4) is 0 Å². The van der Waals surface area contributed by atoms with Crippen molar-refractivity contribution in [1.82, 2.24) is 4.90 Å². The fraction of sp³-hybridized carbons (Fsp3) is 0.455. The van der Waals surface area contributed by atoms with Gasteiger partial charge in [0.25, 0.3) is 11.5 Å². The van der Waals surface area contributed by atoms with E-state index in [-0.39, 0.29) is 6.07 Å². The second kappa shape index (κ2) is 11.5. The molecule has 1 heterocycles. The number of benzene rings is 2. The number of nitro benzene ring substituents is 3. The first-order chi connectivity index (χ1) is 16.8. The second-order valence-corrected chi connectivity index (χ2v) is 8.51. The van der Waals surface area contributed by atoms with Gasteiger partial charge in [0.15, 0.2) is 11.5 Å². The van der Waals surface area contributed by atoms with E-state index in [0.717, 1.165) is 24.5 Å². The predicted octanol–water partition coefficient (Wildman–Crippen LogP) is 4.10. The fourth-order valence-corrected chi connectivity index (χ4v) is 3.98.